The van der Waals surface area contributed by atoms with Crippen molar-refractivity contribution >= 4 is 5.91 Å². The van der Waals surface area contributed by atoms with Crippen LogP contribution in [0.1, 0.15) is 46.0 Å². The molecule has 3 heteroatoms. The largest absolute Gasteiger partial charge is 0.344 e. The van der Waals surface area contributed by atoms with Crippen LogP contribution in [-0.4, -0.2) is 37.0 Å². The maximum Gasteiger partial charge on any atom is 0.236 e. The summed E-state index contributed by atoms with van der Waals surface area (Å²) in [4.78, 5) is 13.7. The number of amides is 1. The molecule has 1 saturated carbocycles. The van der Waals surface area contributed by atoms with Crippen LogP contribution in [0, 0.1) is 5.92 Å². The van der Waals surface area contributed by atoms with E-state index in [0.717, 1.165) is 18.9 Å². The van der Waals surface area contributed by atoms with Crippen molar-refractivity contribution in [3.8, 4) is 0 Å². The summed E-state index contributed by atoms with van der Waals surface area (Å²) in [5.41, 5.74) is 0. The van der Waals surface area contributed by atoms with Crippen molar-refractivity contribution in [2.24, 2.45) is 5.92 Å². The molecule has 0 radical (unpaired) electrons. The molecule has 0 aromatic carbocycles. The second-order valence-electron chi connectivity index (χ2n) is 5.11. The van der Waals surface area contributed by atoms with Crippen LogP contribution in [0.15, 0.2) is 0 Å². The number of nitrogens with one attached hydrogen (secondary N) is 1. The third kappa shape index (κ3) is 4.52. The maximum absolute atomic E-state index is 11.8. The lowest BCUT2D eigenvalue weighted by atomic mass is 10.1. The zero-order valence-electron chi connectivity index (χ0n) is 11.0. The van der Waals surface area contributed by atoms with Gasteiger partial charge in [0.1, 0.15) is 0 Å². The smallest absolute Gasteiger partial charge is 0.236 e. The van der Waals surface area contributed by atoms with Gasteiger partial charge in [0.25, 0.3) is 0 Å². The predicted octanol–water partition coefficient (Wildman–Crippen LogP) is 2.02. The molecule has 0 aliphatic heterocycles. The van der Waals surface area contributed by atoms with Crippen molar-refractivity contribution < 1.29 is 4.79 Å². The summed E-state index contributed by atoms with van der Waals surface area (Å²) in [7, 11) is 1.93. The Morgan fingerprint density at radius 2 is 2.06 bits per heavy atom. The van der Waals surface area contributed by atoms with Gasteiger partial charge in [-0.1, -0.05) is 19.8 Å². The highest BCUT2D eigenvalue weighted by atomic mass is 16.2. The van der Waals surface area contributed by atoms with Gasteiger partial charge in [0.15, 0.2) is 0 Å². The van der Waals surface area contributed by atoms with E-state index in [1.54, 1.807) is 0 Å². The third-order valence-corrected chi connectivity index (χ3v) is 3.65. The van der Waals surface area contributed by atoms with Gasteiger partial charge in [-0.25, -0.2) is 0 Å². The molecule has 1 amide bonds. The standard InChI is InChI=1S/C13H26N2O/c1-4-11(2)14-9-13(16)15(3)10-12-7-5-6-8-12/h11-12,14H,4-10H2,1-3H3. The molecule has 1 N–H and O–H groups in total. The molecule has 1 rings (SSSR count). The van der Waals surface area contributed by atoms with Crippen molar-refractivity contribution in [1.82, 2.24) is 10.2 Å². The fourth-order valence-corrected chi connectivity index (χ4v) is 2.22. The fourth-order valence-electron chi connectivity index (χ4n) is 2.22. The van der Waals surface area contributed by atoms with Crippen molar-refractivity contribution in [3.63, 3.8) is 0 Å². The van der Waals surface area contributed by atoms with E-state index < -0.39 is 0 Å². The van der Waals surface area contributed by atoms with Crippen molar-refractivity contribution in [3.05, 3.63) is 0 Å². The molecule has 0 aromatic heterocycles. The molecule has 94 valence electrons. The topological polar surface area (TPSA) is 32.3 Å². The van der Waals surface area contributed by atoms with Gasteiger partial charge in [-0.3, -0.25) is 4.79 Å². The molecule has 1 aliphatic carbocycles. The molecule has 3 nitrogen and oxygen atoms in total. The van der Waals surface area contributed by atoms with E-state index in [0.29, 0.717) is 12.6 Å². The van der Waals surface area contributed by atoms with Crippen LogP contribution in [0.2, 0.25) is 0 Å². The fraction of sp³-hybridized carbons (Fsp3) is 0.923. The van der Waals surface area contributed by atoms with Gasteiger partial charge in [-0.15, -0.1) is 0 Å². The minimum Gasteiger partial charge on any atom is -0.344 e. The predicted molar refractivity (Wildman–Crippen MR) is 67.4 cm³/mol. The van der Waals surface area contributed by atoms with Crippen LogP contribution >= 0.6 is 0 Å². The lowest BCUT2D eigenvalue weighted by Crippen LogP contribution is -2.40. The average molecular weight is 226 g/mol. The van der Waals surface area contributed by atoms with E-state index in [-0.39, 0.29) is 5.91 Å². The second-order valence-corrected chi connectivity index (χ2v) is 5.11. The summed E-state index contributed by atoms with van der Waals surface area (Å²) in [6, 6.07) is 0.434. The Bertz CT molecular complexity index is 212. The molecule has 0 heterocycles. The van der Waals surface area contributed by atoms with Gasteiger partial charge in [0, 0.05) is 19.6 Å². The van der Waals surface area contributed by atoms with E-state index in [9.17, 15) is 4.79 Å². The minimum atomic E-state index is 0.229. The molecule has 1 atom stereocenters. The van der Waals surface area contributed by atoms with Crippen LogP contribution in [0.3, 0.4) is 0 Å². The first-order chi connectivity index (χ1) is 7.63. The van der Waals surface area contributed by atoms with Crippen LogP contribution in [0.25, 0.3) is 0 Å². The molecule has 0 saturated heterocycles. The summed E-state index contributed by atoms with van der Waals surface area (Å²) in [5, 5.41) is 3.25. The number of nitrogens with zero attached hydrogens (tertiary/aromatic N) is 1. The summed E-state index contributed by atoms with van der Waals surface area (Å²) in [6.07, 6.45) is 6.36. The number of hydrogen-bond acceptors (Lipinski definition) is 2. The first-order valence-electron chi connectivity index (χ1n) is 6.60. The number of carbonyl (C=O) groups is 1. The molecule has 16 heavy (non-hydrogen) atoms. The maximum atomic E-state index is 11.8. The zero-order chi connectivity index (χ0) is 12.0. The quantitative estimate of drug-likeness (QED) is 0.751. The zero-order valence-corrected chi connectivity index (χ0v) is 11.0. The number of carbonyl (C=O) groups excluding carboxylic acids is 1. The minimum absolute atomic E-state index is 0.229. The first-order valence-corrected chi connectivity index (χ1v) is 6.60. The Morgan fingerprint density at radius 1 is 1.44 bits per heavy atom. The van der Waals surface area contributed by atoms with Crippen LogP contribution in [-0.2, 0) is 4.79 Å². The average Bonchev–Trinajstić information content (AvgIpc) is 2.77. The van der Waals surface area contributed by atoms with Crippen LogP contribution in [0.5, 0.6) is 0 Å². The van der Waals surface area contributed by atoms with E-state index in [2.05, 4.69) is 19.2 Å². The van der Waals surface area contributed by atoms with Gasteiger partial charge < -0.3 is 10.2 Å². The molecule has 0 bridgehead atoms. The Kier molecular flexibility index (Phi) is 5.81. The van der Waals surface area contributed by atoms with E-state index >= 15 is 0 Å². The van der Waals surface area contributed by atoms with E-state index in [1.807, 2.05) is 11.9 Å². The first kappa shape index (κ1) is 13.5. The van der Waals surface area contributed by atoms with Gasteiger partial charge >= 0.3 is 0 Å². The van der Waals surface area contributed by atoms with Gasteiger partial charge in [-0.2, -0.15) is 0 Å². The number of rotatable bonds is 6. The third-order valence-electron chi connectivity index (χ3n) is 3.65. The molecule has 0 spiro atoms. The number of hydrogen-bond donors (Lipinski definition) is 1. The highest BCUT2D eigenvalue weighted by Gasteiger charge is 2.19. The lowest BCUT2D eigenvalue weighted by molar-refractivity contribution is -0.129. The van der Waals surface area contributed by atoms with Gasteiger partial charge in [0.05, 0.1) is 6.54 Å². The monoisotopic (exact) mass is 226 g/mol. The highest BCUT2D eigenvalue weighted by molar-refractivity contribution is 5.78. The van der Waals surface area contributed by atoms with Crippen molar-refractivity contribution in [2.45, 2.75) is 52.0 Å². The van der Waals surface area contributed by atoms with Gasteiger partial charge in [-0.05, 0) is 32.1 Å². The Morgan fingerprint density at radius 3 is 2.62 bits per heavy atom. The second kappa shape index (κ2) is 6.89. The summed E-state index contributed by atoms with van der Waals surface area (Å²) < 4.78 is 0. The Balaban J connectivity index is 2.19. The normalized spacial score (nSPS) is 18.7. The van der Waals surface area contributed by atoms with Crippen molar-refractivity contribution in [2.75, 3.05) is 20.1 Å². The van der Waals surface area contributed by atoms with Gasteiger partial charge in [0.2, 0.25) is 5.91 Å². The van der Waals surface area contributed by atoms with E-state index in [1.165, 1.54) is 25.7 Å². The molecule has 1 fully saturated rings. The lowest BCUT2D eigenvalue weighted by Gasteiger charge is -2.22. The Hall–Kier alpha value is -0.570. The number of likely N-dealkylation sites (N-methyl/N-ethyl adjacent to an activating group) is 1. The molecular weight excluding hydrogens is 200 g/mol. The van der Waals surface area contributed by atoms with E-state index in [4.69, 9.17) is 0 Å². The molecule has 0 aromatic rings. The summed E-state index contributed by atoms with van der Waals surface area (Å²) in [5.74, 6) is 0.977. The summed E-state index contributed by atoms with van der Waals surface area (Å²) in [6.45, 7) is 5.67. The SMILES string of the molecule is CCC(C)NCC(=O)N(C)CC1CCCC1. The Labute approximate surface area is 99.6 Å². The summed E-state index contributed by atoms with van der Waals surface area (Å²) >= 11 is 0. The highest BCUT2D eigenvalue weighted by Crippen LogP contribution is 2.25. The van der Waals surface area contributed by atoms with Crippen LogP contribution in [0.4, 0.5) is 0 Å². The molecular formula is C13H26N2O. The van der Waals surface area contributed by atoms with Crippen LogP contribution < -0.4 is 5.32 Å². The van der Waals surface area contributed by atoms with Crippen molar-refractivity contribution in [1.29, 1.82) is 0 Å². The molecule has 1 unspecified atom stereocenters. The molecule has 1 aliphatic rings.